The summed E-state index contributed by atoms with van der Waals surface area (Å²) in [5.41, 5.74) is 5.18. The smallest absolute Gasteiger partial charge is 0.231 e. The van der Waals surface area contributed by atoms with Crippen LogP contribution in [0.4, 0.5) is 0 Å². The lowest BCUT2D eigenvalue weighted by Crippen LogP contribution is -2.40. The highest BCUT2D eigenvalue weighted by atomic mass is 16.5. The lowest BCUT2D eigenvalue weighted by molar-refractivity contribution is -0.119. The summed E-state index contributed by atoms with van der Waals surface area (Å²) in [6, 6.07) is 0. The highest BCUT2D eigenvalue weighted by Gasteiger charge is 2.25. The van der Waals surface area contributed by atoms with E-state index in [1.807, 2.05) is 4.90 Å². The second-order valence-corrected chi connectivity index (χ2v) is 4.21. The Morgan fingerprint density at radius 2 is 2.50 bits per heavy atom. The topological polar surface area (TPSA) is 85.3 Å². The molecule has 1 fully saturated rings. The predicted molar refractivity (Wildman–Crippen MR) is 56.6 cm³/mol. The van der Waals surface area contributed by atoms with Gasteiger partial charge in [-0.3, -0.25) is 9.69 Å². The fourth-order valence-corrected chi connectivity index (χ4v) is 2.11. The van der Waals surface area contributed by atoms with Crippen molar-refractivity contribution in [2.45, 2.75) is 25.7 Å². The minimum absolute atomic E-state index is 0.255. The zero-order chi connectivity index (χ0) is 11.5. The van der Waals surface area contributed by atoms with E-state index >= 15 is 0 Å². The third-order valence-corrected chi connectivity index (χ3v) is 2.79. The number of aryl methyl sites for hydroxylation is 1. The number of nitrogens with two attached hydrogens (primary N) is 1. The standard InChI is InChI=1S/C10H16N4O2/c1-7-12-10(13-16-7)8-3-2-4-14(5-8)6-9(11)15/h8H,2-6H2,1H3,(H2,11,15). The fraction of sp³-hybridized carbons (Fsp3) is 0.700. The summed E-state index contributed by atoms with van der Waals surface area (Å²) in [5.74, 6) is 1.30. The van der Waals surface area contributed by atoms with Gasteiger partial charge in [0.2, 0.25) is 11.8 Å². The van der Waals surface area contributed by atoms with Crippen LogP contribution >= 0.6 is 0 Å². The summed E-state index contributed by atoms with van der Waals surface area (Å²) in [4.78, 5) is 17.1. The van der Waals surface area contributed by atoms with Crippen molar-refractivity contribution in [1.82, 2.24) is 15.0 Å². The summed E-state index contributed by atoms with van der Waals surface area (Å²) in [6.07, 6.45) is 2.07. The van der Waals surface area contributed by atoms with Gasteiger partial charge in [-0.1, -0.05) is 5.16 Å². The average molecular weight is 224 g/mol. The highest BCUT2D eigenvalue weighted by Crippen LogP contribution is 2.24. The van der Waals surface area contributed by atoms with E-state index < -0.39 is 0 Å². The molecule has 1 aromatic heterocycles. The van der Waals surface area contributed by atoms with Crippen molar-refractivity contribution in [2.24, 2.45) is 5.73 Å². The number of nitrogens with zero attached hydrogens (tertiary/aromatic N) is 3. The quantitative estimate of drug-likeness (QED) is 0.783. The Kier molecular flexibility index (Phi) is 3.19. The molecule has 0 aromatic carbocycles. The number of carbonyl (C=O) groups excluding carboxylic acids is 1. The van der Waals surface area contributed by atoms with Crippen LogP contribution in [0.5, 0.6) is 0 Å². The Hall–Kier alpha value is -1.43. The molecule has 16 heavy (non-hydrogen) atoms. The molecule has 1 unspecified atom stereocenters. The van der Waals surface area contributed by atoms with Gasteiger partial charge >= 0.3 is 0 Å². The molecule has 0 aliphatic carbocycles. The van der Waals surface area contributed by atoms with Gasteiger partial charge < -0.3 is 10.3 Å². The molecular weight excluding hydrogens is 208 g/mol. The molecule has 0 bridgehead atoms. The number of rotatable bonds is 3. The number of aromatic nitrogens is 2. The Morgan fingerprint density at radius 1 is 1.69 bits per heavy atom. The molecule has 0 radical (unpaired) electrons. The van der Waals surface area contributed by atoms with Crippen LogP contribution in [0.25, 0.3) is 0 Å². The van der Waals surface area contributed by atoms with E-state index in [2.05, 4.69) is 10.1 Å². The lowest BCUT2D eigenvalue weighted by Gasteiger charge is -2.29. The predicted octanol–water partition coefficient (Wildman–Crippen LogP) is 0.0427. The summed E-state index contributed by atoms with van der Waals surface area (Å²) >= 11 is 0. The summed E-state index contributed by atoms with van der Waals surface area (Å²) in [6.45, 7) is 3.78. The first-order valence-corrected chi connectivity index (χ1v) is 5.46. The van der Waals surface area contributed by atoms with Gasteiger partial charge in [0.05, 0.1) is 6.54 Å². The van der Waals surface area contributed by atoms with Crippen molar-refractivity contribution >= 4 is 5.91 Å². The van der Waals surface area contributed by atoms with Gasteiger partial charge in [0.25, 0.3) is 0 Å². The van der Waals surface area contributed by atoms with Gasteiger partial charge in [-0.25, -0.2) is 0 Å². The second-order valence-electron chi connectivity index (χ2n) is 4.21. The fourth-order valence-electron chi connectivity index (χ4n) is 2.11. The largest absolute Gasteiger partial charge is 0.369 e. The van der Waals surface area contributed by atoms with E-state index in [0.29, 0.717) is 12.4 Å². The Morgan fingerprint density at radius 3 is 3.12 bits per heavy atom. The lowest BCUT2D eigenvalue weighted by atomic mass is 9.97. The van der Waals surface area contributed by atoms with Crippen LogP contribution in [0.3, 0.4) is 0 Å². The third-order valence-electron chi connectivity index (χ3n) is 2.79. The van der Waals surface area contributed by atoms with Crippen molar-refractivity contribution in [3.05, 3.63) is 11.7 Å². The van der Waals surface area contributed by atoms with E-state index in [9.17, 15) is 4.79 Å². The molecule has 6 heteroatoms. The molecule has 6 nitrogen and oxygen atoms in total. The van der Waals surface area contributed by atoms with Crippen LogP contribution in [-0.2, 0) is 4.79 Å². The summed E-state index contributed by atoms with van der Waals surface area (Å²) in [7, 11) is 0. The van der Waals surface area contributed by atoms with Crippen LogP contribution in [0.2, 0.25) is 0 Å². The molecule has 2 N–H and O–H groups in total. The first kappa shape index (κ1) is 11.1. The normalized spacial score (nSPS) is 22.2. The van der Waals surface area contributed by atoms with Crippen molar-refractivity contribution in [2.75, 3.05) is 19.6 Å². The maximum Gasteiger partial charge on any atom is 0.231 e. The zero-order valence-electron chi connectivity index (χ0n) is 9.35. The molecule has 1 amide bonds. The zero-order valence-corrected chi connectivity index (χ0v) is 9.35. The van der Waals surface area contributed by atoms with Gasteiger partial charge in [-0.2, -0.15) is 4.98 Å². The van der Waals surface area contributed by atoms with Gasteiger partial charge in [0, 0.05) is 19.4 Å². The molecule has 1 saturated heterocycles. The van der Waals surface area contributed by atoms with Gasteiger partial charge in [-0.15, -0.1) is 0 Å². The first-order valence-electron chi connectivity index (χ1n) is 5.46. The number of primary amides is 1. The summed E-state index contributed by atoms with van der Waals surface area (Å²) in [5, 5.41) is 3.92. The number of hydrogen-bond donors (Lipinski definition) is 1. The molecule has 2 rings (SSSR count). The molecule has 88 valence electrons. The molecule has 0 spiro atoms. The van der Waals surface area contributed by atoms with Crippen molar-refractivity contribution in [1.29, 1.82) is 0 Å². The third kappa shape index (κ3) is 2.57. The van der Waals surface area contributed by atoms with Crippen molar-refractivity contribution in [3.8, 4) is 0 Å². The minimum Gasteiger partial charge on any atom is -0.369 e. The Balaban J connectivity index is 1.99. The second kappa shape index (κ2) is 4.61. The highest BCUT2D eigenvalue weighted by molar-refractivity contribution is 5.75. The maximum absolute atomic E-state index is 10.8. The van der Waals surface area contributed by atoms with Crippen LogP contribution in [0, 0.1) is 6.92 Å². The van der Waals surface area contributed by atoms with Crippen LogP contribution < -0.4 is 5.73 Å². The molecule has 1 atom stereocenters. The van der Waals surface area contributed by atoms with E-state index in [-0.39, 0.29) is 11.8 Å². The van der Waals surface area contributed by atoms with Crippen LogP contribution in [0.1, 0.15) is 30.5 Å². The van der Waals surface area contributed by atoms with Gasteiger partial charge in [0.1, 0.15) is 0 Å². The Labute approximate surface area is 93.8 Å². The average Bonchev–Trinajstić information content (AvgIpc) is 2.64. The minimum atomic E-state index is -0.287. The van der Waals surface area contributed by atoms with Crippen LogP contribution in [0.15, 0.2) is 4.52 Å². The summed E-state index contributed by atoms with van der Waals surface area (Å²) < 4.78 is 4.96. The number of hydrogen-bond acceptors (Lipinski definition) is 5. The molecule has 0 saturated carbocycles. The molecule has 1 aliphatic rings. The SMILES string of the molecule is Cc1nc(C2CCCN(CC(N)=O)C2)no1. The molecule has 1 aromatic rings. The number of carbonyl (C=O) groups is 1. The number of likely N-dealkylation sites (tertiary alicyclic amines) is 1. The van der Waals surface area contributed by atoms with Gasteiger partial charge in [0.15, 0.2) is 5.82 Å². The first-order chi connectivity index (χ1) is 7.65. The van der Waals surface area contributed by atoms with Gasteiger partial charge in [-0.05, 0) is 19.4 Å². The van der Waals surface area contributed by atoms with Crippen LogP contribution in [-0.4, -0.2) is 40.6 Å². The van der Waals surface area contributed by atoms with Crippen molar-refractivity contribution in [3.63, 3.8) is 0 Å². The maximum atomic E-state index is 10.8. The monoisotopic (exact) mass is 224 g/mol. The van der Waals surface area contributed by atoms with Crippen molar-refractivity contribution < 1.29 is 9.32 Å². The van der Waals surface area contributed by atoms with E-state index in [4.69, 9.17) is 10.3 Å². The number of amides is 1. The van der Waals surface area contributed by atoms with E-state index in [0.717, 1.165) is 31.8 Å². The van der Waals surface area contributed by atoms with E-state index in [1.54, 1.807) is 6.92 Å². The Bertz CT molecular complexity index is 377. The van der Waals surface area contributed by atoms with E-state index in [1.165, 1.54) is 0 Å². The number of piperidine rings is 1. The molecular formula is C10H16N4O2. The molecule has 2 heterocycles. The molecule has 1 aliphatic heterocycles.